The molecular formula is C12H19NO2. The third-order valence-corrected chi connectivity index (χ3v) is 2.32. The second kappa shape index (κ2) is 6.43. The van der Waals surface area contributed by atoms with E-state index >= 15 is 0 Å². The van der Waals surface area contributed by atoms with Crippen LogP contribution in [0.3, 0.4) is 0 Å². The van der Waals surface area contributed by atoms with Crippen molar-refractivity contribution in [2.24, 2.45) is 0 Å². The fourth-order valence-electron chi connectivity index (χ4n) is 1.58. The minimum Gasteiger partial charge on any atom is -0.394 e. The topological polar surface area (TPSA) is 32.7 Å². The SMILES string of the molecule is CCN(c1ccccc1)C(C)OCCO. The summed E-state index contributed by atoms with van der Waals surface area (Å²) < 4.78 is 5.47. The van der Waals surface area contributed by atoms with Gasteiger partial charge in [-0.05, 0) is 26.0 Å². The molecule has 0 amide bonds. The highest BCUT2D eigenvalue weighted by Crippen LogP contribution is 2.16. The van der Waals surface area contributed by atoms with Crippen LogP contribution in [0.2, 0.25) is 0 Å². The van der Waals surface area contributed by atoms with Crippen molar-refractivity contribution in [3.63, 3.8) is 0 Å². The van der Waals surface area contributed by atoms with Gasteiger partial charge in [-0.25, -0.2) is 0 Å². The maximum absolute atomic E-state index is 8.70. The second-order valence-corrected chi connectivity index (χ2v) is 3.32. The number of aliphatic hydroxyl groups excluding tert-OH is 1. The molecule has 3 nitrogen and oxygen atoms in total. The van der Waals surface area contributed by atoms with Gasteiger partial charge in [-0.1, -0.05) is 18.2 Å². The van der Waals surface area contributed by atoms with Gasteiger partial charge in [-0.2, -0.15) is 0 Å². The molecular weight excluding hydrogens is 190 g/mol. The predicted octanol–water partition coefficient (Wildman–Crippen LogP) is 1.87. The highest BCUT2D eigenvalue weighted by atomic mass is 16.5. The first-order valence-electron chi connectivity index (χ1n) is 5.33. The Morgan fingerprint density at radius 2 is 2.00 bits per heavy atom. The van der Waals surface area contributed by atoms with Crippen LogP contribution in [0, 0.1) is 0 Å². The first kappa shape index (κ1) is 12.0. The van der Waals surface area contributed by atoms with Crippen molar-refractivity contribution in [3.8, 4) is 0 Å². The highest BCUT2D eigenvalue weighted by Gasteiger charge is 2.11. The fourth-order valence-corrected chi connectivity index (χ4v) is 1.58. The molecule has 15 heavy (non-hydrogen) atoms. The van der Waals surface area contributed by atoms with E-state index in [2.05, 4.69) is 24.0 Å². The molecule has 0 aliphatic carbocycles. The molecule has 0 bridgehead atoms. The van der Waals surface area contributed by atoms with Gasteiger partial charge in [0.2, 0.25) is 0 Å². The van der Waals surface area contributed by atoms with Crippen LogP contribution in [0.25, 0.3) is 0 Å². The van der Waals surface area contributed by atoms with Gasteiger partial charge >= 0.3 is 0 Å². The van der Waals surface area contributed by atoms with Gasteiger partial charge in [0, 0.05) is 12.2 Å². The van der Waals surface area contributed by atoms with E-state index in [1.54, 1.807) is 0 Å². The van der Waals surface area contributed by atoms with E-state index in [0.717, 1.165) is 12.2 Å². The minimum atomic E-state index is -0.00968. The molecule has 1 rings (SSSR count). The fraction of sp³-hybridized carbons (Fsp3) is 0.500. The van der Waals surface area contributed by atoms with Crippen LogP contribution in [0.1, 0.15) is 13.8 Å². The molecule has 0 spiro atoms. The summed E-state index contributed by atoms with van der Waals surface area (Å²) in [5, 5.41) is 8.70. The number of hydrogen-bond donors (Lipinski definition) is 1. The van der Waals surface area contributed by atoms with Crippen molar-refractivity contribution < 1.29 is 9.84 Å². The second-order valence-electron chi connectivity index (χ2n) is 3.32. The lowest BCUT2D eigenvalue weighted by atomic mass is 10.3. The molecule has 0 aliphatic rings. The van der Waals surface area contributed by atoms with Gasteiger partial charge in [0.25, 0.3) is 0 Å². The number of ether oxygens (including phenoxy) is 1. The van der Waals surface area contributed by atoms with Crippen LogP contribution >= 0.6 is 0 Å². The molecule has 1 aromatic carbocycles. The van der Waals surface area contributed by atoms with Crippen molar-refractivity contribution >= 4 is 5.69 Å². The third-order valence-electron chi connectivity index (χ3n) is 2.32. The smallest absolute Gasteiger partial charge is 0.127 e. The van der Waals surface area contributed by atoms with Gasteiger partial charge in [-0.15, -0.1) is 0 Å². The normalized spacial score (nSPS) is 12.5. The molecule has 0 aliphatic heterocycles. The van der Waals surface area contributed by atoms with Crippen molar-refractivity contribution in [1.82, 2.24) is 0 Å². The zero-order chi connectivity index (χ0) is 11.1. The van der Waals surface area contributed by atoms with Crippen molar-refractivity contribution in [2.45, 2.75) is 20.1 Å². The average Bonchev–Trinajstić information content (AvgIpc) is 2.29. The summed E-state index contributed by atoms with van der Waals surface area (Å²) in [6, 6.07) is 10.1. The van der Waals surface area contributed by atoms with Crippen LogP contribution in [-0.2, 0) is 4.74 Å². The predicted molar refractivity (Wildman–Crippen MR) is 62.0 cm³/mol. The summed E-state index contributed by atoms with van der Waals surface area (Å²) in [7, 11) is 0. The van der Waals surface area contributed by atoms with Gasteiger partial charge in [0.1, 0.15) is 6.23 Å². The van der Waals surface area contributed by atoms with Crippen LogP contribution in [0.5, 0.6) is 0 Å². The van der Waals surface area contributed by atoms with Gasteiger partial charge in [-0.3, -0.25) is 0 Å². The van der Waals surface area contributed by atoms with Gasteiger partial charge in [0.05, 0.1) is 13.2 Å². The summed E-state index contributed by atoms with van der Waals surface area (Å²) in [6.07, 6.45) is -0.00968. The summed E-state index contributed by atoms with van der Waals surface area (Å²) in [4.78, 5) is 2.15. The number of anilines is 1. The molecule has 0 aromatic heterocycles. The number of rotatable bonds is 6. The first-order chi connectivity index (χ1) is 7.29. The van der Waals surface area contributed by atoms with Gasteiger partial charge in [0.15, 0.2) is 0 Å². The van der Waals surface area contributed by atoms with E-state index in [4.69, 9.17) is 9.84 Å². The molecule has 1 N–H and O–H groups in total. The number of hydrogen-bond acceptors (Lipinski definition) is 3. The van der Waals surface area contributed by atoms with E-state index < -0.39 is 0 Å². The van der Waals surface area contributed by atoms with Crippen molar-refractivity contribution in [1.29, 1.82) is 0 Å². The number of nitrogens with zero attached hydrogens (tertiary/aromatic N) is 1. The van der Waals surface area contributed by atoms with Crippen LogP contribution in [0.15, 0.2) is 30.3 Å². The van der Waals surface area contributed by atoms with Crippen LogP contribution in [-0.4, -0.2) is 31.1 Å². The summed E-state index contributed by atoms with van der Waals surface area (Å²) in [6.45, 7) is 5.41. The Morgan fingerprint density at radius 3 is 2.53 bits per heavy atom. The minimum absolute atomic E-state index is 0.00968. The molecule has 0 saturated heterocycles. The zero-order valence-corrected chi connectivity index (χ0v) is 9.39. The quantitative estimate of drug-likeness (QED) is 0.726. The summed E-state index contributed by atoms with van der Waals surface area (Å²) in [5.41, 5.74) is 1.14. The van der Waals surface area contributed by atoms with E-state index in [0.29, 0.717) is 6.61 Å². The number of aliphatic hydroxyl groups is 1. The summed E-state index contributed by atoms with van der Waals surface area (Å²) in [5.74, 6) is 0. The zero-order valence-electron chi connectivity index (χ0n) is 9.39. The van der Waals surface area contributed by atoms with E-state index in [-0.39, 0.29) is 12.8 Å². The van der Waals surface area contributed by atoms with Crippen molar-refractivity contribution in [3.05, 3.63) is 30.3 Å². The standard InChI is InChI=1S/C12H19NO2/c1-3-13(11(2)15-10-9-14)12-7-5-4-6-8-12/h4-8,11,14H,3,9-10H2,1-2H3. The molecule has 1 unspecified atom stereocenters. The van der Waals surface area contributed by atoms with Gasteiger partial charge < -0.3 is 14.7 Å². The molecule has 1 aromatic rings. The Morgan fingerprint density at radius 1 is 1.33 bits per heavy atom. The maximum Gasteiger partial charge on any atom is 0.127 e. The lowest BCUT2D eigenvalue weighted by Crippen LogP contribution is -2.35. The Labute approximate surface area is 91.3 Å². The number of para-hydroxylation sites is 1. The van der Waals surface area contributed by atoms with Crippen LogP contribution in [0.4, 0.5) is 5.69 Å². The van der Waals surface area contributed by atoms with Crippen LogP contribution < -0.4 is 4.90 Å². The lowest BCUT2D eigenvalue weighted by molar-refractivity contribution is 0.0378. The van der Waals surface area contributed by atoms with Crippen molar-refractivity contribution in [2.75, 3.05) is 24.7 Å². The van der Waals surface area contributed by atoms with E-state index in [9.17, 15) is 0 Å². The highest BCUT2D eigenvalue weighted by molar-refractivity contribution is 5.46. The largest absolute Gasteiger partial charge is 0.394 e. The molecule has 0 heterocycles. The van der Waals surface area contributed by atoms with E-state index in [1.165, 1.54) is 0 Å². The van der Waals surface area contributed by atoms with E-state index in [1.807, 2.05) is 25.1 Å². The maximum atomic E-state index is 8.70. The Kier molecular flexibility index (Phi) is 5.15. The third kappa shape index (κ3) is 3.53. The Bertz CT molecular complexity index is 264. The molecule has 0 radical (unpaired) electrons. The molecule has 84 valence electrons. The molecule has 1 atom stereocenters. The monoisotopic (exact) mass is 209 g/mol. The lowest BCUT2D eigenvalue weighted by Gasteiger charge is -2.29. The Balaban J connectivity index is 2.63. The average molecular weight is 209 g/mol. The molecule has 0 saturated carbocycles. The molecule has 0 fully saturated rings. The Hall–Kier alpha value is -1.06. The number of benzene rings is 1. The molecule has 3 heteroatoms. The first-order valence-corrected chi connectivity index (χ1v) is 5.33. The summed E-state index contributed by atoms with van der Waals surface area (Å²) >= 11 is 0.